The van der Waals surface area contributed by atoms with Gasteiger partial charge >= 0.3 is 5.72 Å². The van der Waals surface area contributed by atoms with Crippen LogP contribution in [0, 0.1) is 10.1 Å². The van der Waals surface area contributed by atoms with Gasteiger partial charge in [0.15, 0.2) is 6.10 Å². The molecule has 0 aliphatic heterocycles. The van der Waals surface area contributed by atoms with Gasteiger partial charge in [-0.2, -0.15) is 0 Å². The van der Waals surface area contributed by atoms with Crippen molar-refractivity contribution in [2.24, 2.45) is 0 Å². The summed E-state index contributed by atoms with van der Waals surface area (Å²) < 4.78 is 0. The minimum absolute atomic E-state index is 0.0841. The zero-order valence-electron chi connectivity index (χ0n) is 7.99. The summed E-state index contributed by atoms with van der Waals surface area (Å²) in [6.07, 6.45) is -1.78. The van der Waals surface area contributed by atoms with E-state index in [4.69, 9.17) is 0 Å². The van der Waals surface area contributed by atoms with Gasteiger partial charge in [-0.05, 0) is 6.07 Å². The van der Waals surface area contributed by atoms with Crippen LogP contribution in [0.5, 0.6) is 5.75 Å². The highest BCUT2D eigenvalue weighted by atomic mass is 16.7. The lowest BCUT2D eigenvalue weighted by molar-refractivity contribution is -0.634. The molecule has 2 atom stereocenters. The average molecular weight is 213 g/mol. The highest BCUT2D eigenvalue weighted by Crippen LogP contribution is 2.31. The molecule has 0 aliphatic rings. The molecule has 0 spiro atoms. The fraction of sp³-hybridized carbons (Fsp3) is 0.333. The van der Waals surface area contributed by atoms with E-state index >= 15 is 0 Å². The van der Waals surface area contributed by atoms with E-state index in [-0.39, 0.29) is 11.3 Å². The number of rotatable bonds is 3. The maximum atomic E-state index is 10.5. The Morgan fingerprint density at radius 3 is 2.47 bits per heavy atom. The number of hydrogen-bond donors (Lipinski definition) is 3. The molecule has 0 amide bonds. The van der Waals surface area contributed by atoms with E-state index in [2.05, 4.69) is 0 Å². The van der Waals surface area contributed by atoms with Crippen LogP contribution in [-0.2, 0) is 0 Å². The number of hydrogen-bond acceptors (Lipinski definition) is 5. The molecule has 0 aliphatic carbocycles. The Kier molecular flexibility index (Phi) is 2.92. The molecule has 0 radical (unpaired) electrons. The number of phenolic OH excluding ortho intramolecular Hbond substituents is 1. The topological polar surface area (TPSA) is 104 Å². The van der Waals surface area contributed by atoms with Gasteiger partial charge in [0.05, 0.1) is 4.92 Å². The highest BCUT2D eigenvalue weighted by Gasteiger charge is 2.44. The minimum Gasteiger partial charge on any atom is -0.508 e. The Bertz CT molecular complexity index is 377. The summed E-state index contributed by atoms with van der Waals surface area (Å²) in [6.45, 7) is 0.865. The summed E-state index contributed by atoms with van der Waals surface area (Å²) in [4.78, 5) is 9.45. The molecule has 1 aromatic carbocycles. The smallest absolute Gasteiger partial charge is 0.349 e. The quantitative estimate of drug-likeness (QED) is 0.383. The fourth-order valence-electron chi connectivity index (χ4n) is 1.11. The lowest BCUT2D eigenvalue weighted by Gasteiger charge is -2.21. The third-order valence-corrected chi connectivity index (χ3v) is 2.12. The van der Waals surface area contributed by atoms with Crippen molar-refractivity contribution in [1.29, 1.82) is 0 Å². The van der Waals surface area contributed by atoms with Gasteiger partial charge < -0.3 is 15.3 Å². The van der Waals surface area contributed by atoms with Crippen LogP contribution < -0.4 is 0 Å². The van der Waals surface area contributed by atoms with Crippen LogP contribution in [-0.4, -0.2) is 26.0 Å². The molecular formula is C9H11NO5. The molecule has 3 N–H and O–H groups in total. The SMILES string of the molecule is CC(O)(C(O)c1ccccc1O)[N+](=O)[O-]. The third kappa shape index (κ3) is 2.05. The second kappa shape index (κ2) is 3.84. The van der Waals surface area contributed by atoms with Crippen LogP contribution in [0.4, 0.5) is 0 Å². The molecule has 82 valence electrons. The predicted molar refractivity (Wildman–Crippen MR) is 50.7 cm³/mol. The number of nitro groups is 1. The van der Waals surface area contributed by atoms with Crippen molar-refractivity contribution in [2.75, 3.05) is 0 Å². The standard InChI is InChI=1S/C9H11NO5/c1-9(13,10(14)15)8(12)6-4-2-3-5-7(6)11/h2-5,8,11-13H,1H3. The van der Waals surface area contributed by atoms with Crippen LogP contribution in [0.1, 0.15) is 18.6 Å². The molecule has 0 bridgehead atoms. The first kappa shape index (κ1) is 11.4. The number of aromatic hydroxyl groups is 1. The Morgan fingerprint density at radius 1 is 1.47 bits per heavy atom. The molecular weight excluding hydrogens is 202 g/mol. The Hall–Kier alpha value is -1.66. The number of benzene rings is 1. The summed E-state index contributed by atoms with van der Waals surface area (Å²) in [5, 5.41) is 38.7. The molecule has 0 saturated carbocycles. The summed E-state index contributed by atoms with van der Waals surface area (Å²) in [5.74, 6) is -0.299. The summed E-state index contributed by atoms with van der Waals surface area (Å²) >= 11 is 0. The number of aliphatic hydroxyl groups is 2. The lowest BCUT2D eigenvalue weighted by atomic mass is 10.00. The van der Waals surface area contributed by atoms with Gasteiger partial charge in [-0.3, -0.25) is 10.1 Å². The van der Waals surface area contributed by atoms with Gasteiger partial charge in [-0.25, -0.2) is 0 Å². The first-order chi connectivity index (χ1) is 6.87. The summed E-state index contributed by atoms with van der Waals surface area (Å²) in [5.41, 5.74) is -2.61. The van der Waals surface area contributed by atoms with E-state index in [0.29, 0.717) is 0 Å². The van der Waals surface area contributed by atoms with E-state index in [9.17, 15) is 25.4 Å². The van der Waals surface area contributed by atoms with E-state index in [1.54, 1.807) is 0 Å². The zero-order valence-corrected chi connectivity index (χ0v) is 7.99. The molecule has 0 aromatic heterocycles. The van der Waals surface area contributed by atoms with E-state index < -0.39 is 16.8 Å². The molecule has 1 aromatic rings. The lowest BCUT2D eigenvalue weighted by Crippen LogP contribution is -2.41. The predicted octanol–water partition coefficient (Wildman–Crippen LogP) is 0.411. The molecule has 6 nitrogen and oxygen atoms in total. The van der Waals surface area contributed by atoms with Crippen LogP contribution in [0.25, 0.3) is 0 Å². The van der Waals surface area contributed by atoms with Gasteiger partial charge in [0, 0.05) is 12.5 Å². The van der Waals surface area contributed by atoms with Crippen molar-refractivity contribution < 1.29 is 20.2 Å². The van der Waals surface area contributed by atoms with Gasteiger partial charge in [-0.1, -0.05) is 18.2 Å². The van der Waals surface area contributed by atoms with Crippen LogP contribution in [0.15, 0.2) is 24.3 Å². The molecule has 0 saturated heterocycles. The van der Waals surface area contributed by atoms with Crippen molar-refractivity contribution in [1.82, 2.24) is 0 Å². The molecule has 1 rings (SSSR count). The van der Waals surface area contributed by atoms with Crippen LogP contribution in [0.3, 0.4) is 0 Å². The number of para-hydroxylation sites is 1. The normalized spacial score (nSPS) is 16.7. The van der Waals surface area contributed by atoms with Crippen molar-refractivity contribution >= 4 is 0 Å². The molecule has 15 heavy (non-hydrogen) atoms. The van der Waals surface area contributed by atoms with Gasteiger partial charge in [0.25, 0.3) is 0 Å². The first-order valence-electron chi connectivity index (χ1n) is 4.20. The van der Waals surface area contributed by atoms with E-state index in [0.717, 1.165) is 6.92 Å². The van der Waals surface area contributed by atoms with E-state index in [1.807, 2.05) is 0 Å². The second-order valence-electron chi connectivity index (χ2n) is 3.31. The first-order valence-corrected chi connectivity index (χ1v) is 4.20. The fourth-order valence-corrected chi connectivity index (χ4v) is 1.11. The van der Waals surface area contributed by atoms with Crippen molar-refractivity contribution in [3.8, 4) is 5.75 Å². The van der Waals surface area contributed by atoms with E-state index in [1.165, 1.54) is 24.3 Å². The molecule has 2 unspecified atom stereocenters. The Morgan fingerprint density at radius 2 is 2.00 bits per heavy atom. The van der Waals surface area contributed by atoms with Gasteiger partial charge in [-0.15, -0.1) is 0 Å². The number of nitrogens with zero attached hydrogens (tertiary/aromatic N) is 1. The Balaban J connectivity index is 3.10. The highest BCUT2D eigenvalue weighted by molar-refractivity contribution is 5.34. The van der Waals surface area contributed by atoms with Crippen molar-refractivity contribution in [3.05, 3.63) is 39.9 Å². The summed E-state index contributed by atoms with van der Waals surface area (Å²) in [6, 6.07) is 5.58. The van der Waals surface area contributed by atoms with Crippen molar-refractivity contribution in [3.63, 3.8) is 0 Å². The molecule has 0 fully saturated rings. The summed E-state index contributed by atoms with van der Waals surface area (Å²) in [7, 11) is 0. The van der Waals surface area contributed by atoms with Crippen LogP contribution in [0.2, 0.25) is 0 Å². The van der Waals surface area contributed by atoms with Crippen LogP contribution >= 0.6 is 0 Å². The number of phenols is 1. The average Bonchev–Trinajstić information content (AvgIpc) is 2.17. The van der Waals surface area contributed by atoms with Gasteiger partial charge in [0.1, 0.15) is 5.75 Å². The maximum Gasteiger partial charge on any atom is 0.349 e. The van der Waals surface area contributed by atoms with Crippen molar-refractivity contribution in [2.45, 2.75) is 18.8 Å². The molecule has 0 heterocycles. The second-order valence-corrected chi connectivity index (χ2v) is 3.31. The third-order valence-electron chi connectivity index (χ3n) is 2.12. The van der Waals surface area contributed by atoms with Gasteiger partial charge in [0.2, 0.25) is 0 Å². The maximum absolute atomic E-state index is 10.5. The monoisotopic (exact) mass is 213 g/mol. The number of aliphatic hydroxyl groups excluding tert-OH is 1. The zero-order chi connectivity index (χ0) is 11.6. The Labute approximate surface area is 85.6 Å². The largest absolute Gasteiger partial charge is 0.508 e. The minimum atomic E-state index is -2.53. The molecule has 6 heteroatoms.